The smallest absolute Gasteiger partial charge is 0.225 e. The number of Topliss-reactive ketones (excluding diaryl/α,β-unsaturated/α-hetero) is 1. The minimum Gasteiger partial charge on any atom is -0.356 e. The van der Waals surface area contributed by atoms with Gasteiger partial charge in [-0.25, -0.2) is 0 Å². The standard InChI is InChI=1S/C11H21NO2/c1-5-11(3,4)10(14)12-8-6-7-9(2)13/h5-8H2,1-4H3,(H,12,14). The topological polar surface area (TPSA) is 46.2 Å². The van der Waals surface area contributed by atoms with Crippen LogP contribution in [-0.2, 0) is 9.59 Å². The maximum atomic E-state index is 11.5. The van der Waals surface area contributed by atoms with Crippen molar-refractivity contribution in [1.82, 2.24) is 5.32 Å². The highest BCUT2D eigenvalue weighted by Gasteiger charge is 2.24. The van der Waals surface area contributed by atoms with Gasteiger partial charge in [0.15, 0.2) is 0 Å². The van der Waals surface area contributed by atoms with E-state index in [1.54, 1.807) is 6.92 Å². The molecule has 0 rings (SSSR count). The summed E-state index contributed by atoms with van der Waals surface area (Å²) in [7, 11) is 0. The molecular formula is C11H21NO2. The Labute approximate surface area is 86.3 Å². The molecule has 0 unspecified atom stereocenters. The SMILES string of the molecule is CCC(C)(C)C(=O)NCCCC(C)=O. The van der Waals surface area contributed by atoms with Crippen LogP contribution in [0.15, 0.2) is 0 Å². The fraction of sp³-hybridized carbons (Fsp3) is 0.818. The molecule has 1 N–H and O–H groups in total. The molecule has 0 bridgehead atoms. The van der Waals surface area contributed by atoms with Crippen molar-refractivity contribution in [3.8, 4) is 0 Å². The van der Waals surface area contributed by atoms with E-state index in [1.807, 2.05) is 20.8 Å². The monoisotopic (exact) mass is 199 g/mol. The highest BCUT2D eigenvalue weighted by Crippen LogP contribution is 2.19. The van der Waals surface area contributed by atoms with E-state index in [0.717, 1.165) is 12.8 Å². The van der Waals surface area contributed by atoms with Crippen molar-refractivity contribution in [2.24, 2.45) is 5.41 Å². The van der Waals surface area contributed by atoms with Crippen LogP contribution in [0.25, 0.3) is 0 Å². The molecule has 0 radical (unpaired) electrons. The number of carbonyl (C=O) groups excluding carboxylic acids is 2. The van der Waals surface area contributed by atoms with Crippen molar-refractivity contribution in [1.29, 1.82) is 0 Å². The van der Waals surface area contributed by atoms with Crippen LogP contribution in [0.1, 0.15) is 47.0 Å². The lowest BCUT2D eigenvalue weighted by Crippen LogP contribution is -2.37. The Balaban J connectivity index is 3.70. The first-order valence-corrected chi connectivity index (χ1v) is 5.18. The largest absolute Gasteiger partial charge is 0.356 e. The van der Waals surface area contributed by atoms with Crippen LogP contribution in [0.2, 0.25) is 0 Å². The van der Waals surface area contributed by atoms with Gasteiger partial charge in [0.2, 0.25) is 5.91 Å². The molecule has 0 aliphatic rings. The fourth-order valence-electron chi connectivity index (χ4n) is 0.939. The molecule has 0 aliphatic heterocycles. The molecule has 0 spiro atoms. The van der Waals surface area contributed by atoms with Crippen molar-refractivity contribution >= 4 is 11.7 Å². The summed E-state index contributed by atoms with van der Waals surface area (Å²) in [6, 6.07) is 0. The molecule has 0 fully saturated rings. The minimum absolute atomic E-state index is 0.0727. The number of amides is 1. The van der Waals surface area contributed by atoms with Gasteiger partial charge in [-0.15, -0.1) is 0 Å². The normalized spacial score (nSPS) is 11.1. The molecule has 82 valence electrons. The number of nitrogens with one attached hydrogen (secondary N) is 1. The fourth-order valence-corrected chi connectivity index (χ4v) is 0.939. The Morgan fingerprint density at radius 1 is 1.29 bits per heavy atom. The zero-order valence-electron chi connectivity index (χ0n) is 9.64. The number of carbonyl (C=O) groups is 2. The van der Waals surface area contributed by atoms with Crippen molar-refractivity contribution in [3.05, 3.63) is 0 Å². The summed E-state index contributed by atoms with van der Waals surface area (Å²) in [6.07, 6.45) is 2.11. The second-order valence-corrected chi connectivity index (χ2v) is 4.30. The van der Waals surface area contributed by atoms with E-state index >= 15 is 0 Å². The van der Waals surface area contributed by atoms with Crippen LogP contribution in [0.4, 0.5) is 0 Å². The van der Waals surface area contributed by atoms with Gasteiger partial charge in [-0.1, -0.05) is 20.8 Å². The summed E-state index contributed by atoms with van der Waals surface area (Å²) in [6.45, 7) is 8.01. The Kier molecular flexibility index (Phi) is 5.43. The van der Waals surface area contributed by atoms with E-state index < -0.39 is 0 Å². The van der Waals surface area contributed by atoms with E-state index in [-0.39, 0.29) is 17.1 Å². The third-order valence-electron chi connectivity index (χ3n) is 2.49. The average Bonchev–Trinajstić information content (AvgIpc) is 2.11. The number of rotatable bonds is 6. The van der Waals surface area contributed by atoms with Crippen LogP contribution in [0.3, 0.4) is 0 Å². The van der Waals surface area contributed by atoms with E-state index in [9.17, 15) is 9.59 Å². The maximum Gasteiger partial charge on any atom is 0.225 e. The molecule has 0 saturated carbocycles. The average molecular weight is 199 g/mol. The Hall–Kier alpha value is -0.860. The van der Waals surface area contributed by atoms with Gasteiger partial charge in [0, 0.05) is 18.4 Å². The Morgan fingerprint density at radius 3 is 2.29 bits per heavy atom. The van der Waals surface area contributed by atoms with Crippen LogP contribution >= 0.6 is 0 Å². The van der Waals surface area contributed by atoms with Gasteiger partial charge in [0.1, 0.15) is 5.78 Å². The van der Waals surface area contributed by atoms with E-state index in [1.165, 1.54) is 0 Å². The summed E-state index contributed by atoms with van der Waals surface area (Å²) in [5.74, 6) is 0.248. The molecule has 14 heavy (non-hydrogen) atoms. The van der Waals surface area contributed by atoms with Gasteiger partial charge in [-0.2, -0.15) is 0 Å². The molecule has 0 aromatic rings. The van der Waals surface area contributed by atoms with E-state index in [2.05, 4.69) is 5.32 Å². The van der Waals surface area contributed by atoms with Gasteiger partial charge in [0.05, 0.1) is 0 Å². The van der Waals surface area contributed by atoms with Gasteiger partial charge in [0.25, 0.3) is 0 Å². The molecule has 0 aromatic carbocycles. The van der Waals surface area contributed by atoms with E-state index in [0.29, 0.717) is 13.0 Å². The second kappa shape index (κ2) is 5.78. The first kappa shape index (κ1) is 13.1. The quantitative estimate of drug-likeness (QED) is 0.664. The lowest BCUT2D eigenvalue weighted by molar-refractivity contribution is -0.129. The van der Waals surface area contributed by atoms with E-state index in [4.69, 9.17) is 0 Å². The molecule has 0 aliphatic carbocycles. The molecule has 0 aromatic heterocycles. The zero-order chi connectivity index (χ0) is 11.2. The van der Waals surface area contributed by atoms with Crippen LogP contribution in [-0.4, -0.2) is 18.2 Å². The summed E-state index contributed by atoms with van der Waals surface area (Å²) in [4.78, 5) is 22.2. The van der Waals surface area contributed by atoms with Crippen LogP contribution in [0.5, 0.6) is 0 Å². The lowest BCUT2D eigenvalue weighted by Gasteiger charge is -2.21. The third-order valence-corrected chi connectivity index (χ3v) is 2.49. The van der Waals surface area contributed by atoms with Crippen molar-refractivity contribution in [2.45, 2.75) is 47.0 Å². The summed E-state index contributed by atoms with van der Waals surface area (Å²) in [5.41, 5.74) is -0.295. The highest BCUT2D eigenvalue weighted by atomic mass is 16.2. The van der Waals surface area contributed by atoms with Crippen molar-refractivity contribution < 1.29 is 9.59 Å². The molecule has 3 heteroatoms. The van der Waals surface area contributed by atoms with Crippen molar-refractivity contribution in [2.75, 3.05) is 6.54 Å². The lowest BCUT2D eigenvalue weighted by atomic mass is 9.89. The minimum atomic E-state index is -0.295. The van der Waals surface area contributed by atoms with Crippen molar-refractivity contribution in [3.63, 3.8) is 0 Å². The number of hydrogen-bond acceptors (Lipinski definition) is 2. The maximum absolute atomic E-state index is 11.5. The number of ketones is 1. The summed E-state index contributed by atoms with van der Waals surface area (Å²) in [5, 5.41) is 2.84. The molecule has 0 heterocycles. The summed E-state index contributed by atoms with van der Waals surface area (Å²) < 4.78 is 0. The predicted molar refractivity (Wildman–Crippen MR) is 57.0 cm³/mol. The molecule has 0 saturated heterocycles. The first-order valence-electron chi connectivity index (χ1n) is 5.18. The Bertz CT molecular complexity index is 209. The molecule has 1 amide bonds. The Morgan fingerprint density at radius 2 is 1.86 bits per heavy atom. The second-order valence-electron chi connectivity index (χ2n) is 4.30. The van der Waals surface area contributed by atoms with Gasteiger partial charge in [-0.05, 0) is 19.8 Å². The first-order chi connectivity index (χ1) is 6.40. The number of hydrogen-bond donors (Lipinski definition) is 1. The van der Waals surface area contributed by atoms with Crippen LogP contribution < -0.4 is 5.32 Å². The molecular weight excluding hydrogens is 178 g/mol. The zero-order valence-corrected chi connectivity index (χ0v) is 9.64. The van der Waals surface area contributed by atoms with Crippen LogP contribution in [0, 0.1) is 5.41 Å². The highest BCUT2D eigenvalue weighted by molar-refractivity contribution is 5.81. The molecule has 0 atom stereocenters. The van der Waals surface area contributed by atoms with Gasteiger partial charge >= 0.3 is 0 Å². The third kappa shape index (κ3) is 5.00. The van der Waals surface area contributed by atoms with Gasteiger partial charge in [-0.3, -0.25) is 4.79 Å². The van der Waals surface area contributed by atoms with Gasteiger partial charge < -0.3 is 10.1 Å². The predicted octanol–water partition coefficient (Wildman–Crippen LogP) is 1.91. The molecule has 3 nitrogen and oxygen atoms in total. The summed E-state index contributed by atoms with van der Waals surface area (Å²) >= 11 is 0.